The molecule has 1 saturated heterocycles. The smallest absolute Gasteiger partial charge is 0.410 e. The van der Waals surface area contributed by atoms with Crippen LogP contribution in [-0.4, -0.2) is 93.0 Å². The summed E-state index contributed by atoms with van der Waals surface area (Å²) in [7, 11) is 0. The lowest BCUT2D eigenvalue weighted by atomic mass is 10.2. The average Bonchev–Trinajstić information content (AvgIpc) is 2.67. The van der Waals surface area contributed by atoms with Gasteiger partial charge in [-0.1, -0.05) is 0 Å². The summed E-state index contributed by atoms with van der Waals surface area (Å²) in [6.45, 7) is 18.2. The first kappa shape index (κ1) is 25.5. The molecule has 0 aromatic heterocycles. The molecule has 0 radical (unpaired) electrons. The van der Waals surface area contributed by atoms with Gasteiger partial charge in [0, 0.05) is 65.6 Å². The molecule has 170 valence electrons. The van der Waals surface area contributed by atoms with Gasteiger partial charge in [-0.15, -0.1) is 0 Å². The van der Waals surface area contributed by atoms with Crippen molar-refractivity contribution in [2.75, 3.05) is 65.6 Å². The molecule has 8 heteroatoms. The van der Waals surface area contributed by atoms with Crippen molar-refractivity contribution in [2.45, 2.75) is 59.5 Å². The van der Waals surface area contributed by atoms with Gasteiger partial charge < -0.3 is 25.0 Å². The molecular weight excluding hydrogens is 370 g/mol. The lowest BCUT2D eigenvalue weighted by Gasteiger charge is -2.35. The number of amides is 1. The van der Waals surface area contributed by atoms with E-state index in [1.54, 1.807) is 4.90 Å². The van der Waals surface area contributed by atoms with Gasteiger partial charge in [0.2, 0.25) is 0 Å². The van der Waals surface area contributed by atoms with Crippen molar-refractivity contribution in [2.24, 2.45) is 4.99 Å². The van der Waals surface area contributed by atoms with Crippen molar-refractivity contribution >= 4 is 12.1 Å². The molecule has 0 aromatic carbocycles. The van der Waals surface area contributed by atoms with Crippen LogP contribution < -0.4 is 10.6 Å². The summed E-state index contributed by atoms with van der Waals surface area (Å²) < 4.78 is 10.8. The Kier molecular flexibility index (Phi) is 12.7. The topological polar surface area (TPSA) is 78.4 Å². The van der Waals surface area contributed by atoms with E-state index in [4.69, 9.17) is 9.47 Å². The monoisotopic (exact) mass is 413 g/mol. The normalized spacial score (nSPS) is 16.0. The third kappa shape index (κ3) is 12.6. The molecule has 2 N–H and O–H groups in total. The van der Waals surface area contributed by atoms with Gasteiger partial charge in [-0.25, -0.2) is 4.79 Å². The lowest BCUT2D eigenvalue weighted by Crippen LogP contribution is -2.50. The molecule has 1 fully saturated rings. The first-order chi connectivity index (χ1) is 13.9. The van der Waals surface area contributed by atoms with Crippen molar-refractivity contribution in [1.82, 2.24) is 20.4 Å². The summed E-state index contributed by atoms with van der Waals surface area (Å²) in [6, 6.07) is 0. The van der Waals surface area contributed by atoms with E-state index >= 15 is 0 Å². The minimum Gasteiger partial charge on any atom is -0.444 e. The quantitative estimate of drug-likeness (QED) is 0.307. The van der Waals surface area contributed by atoms with Crippen LogP contribution in [-0.2, 0) is 9.47 Å². The number of nitrogens with one attached hydrogen (secondary N) is 2. The van der Waals surface area contributed by atoms with Crippen molar-refractivity contribution in [1.29, 1.82) is 0 Å². The summed E-state index contributed by atoms with van der Waals surface area (Å²) in [5.74, 6) is 0.888. The van der Waals surface area contributed by atoms with Crippen LogP contribution in [0, 0.1) is 0 Å². The van der Waals surface area contributed by atoms with Gasteiger partial charge >= 0.3 is 6.09 Å². The van der Waals surface area contributed by atoms with E-state index in [0.29, 0.717) is 0 Å². The standard InChI is InChI=1S/C21H43N5O3/c1-6-22-19(23-11-8-9-18-28-7-2)24-12-10-13-25-14-16-26(17-15-25)20(27)29-21(3,4)5/h6-18H2,1-5H3,(H2,22,23,24). The third-order valence-corrected chi connectivity index (χ3v) is 4.48. The lowest BCUT2D eigenvalue weighted by molar-refractivity contribution is 0.0145. The van der Waals surface area contributed by atoms with Gasteiger partial charge in [0.1, 0.15) is 5.60 Å². The number of nitrogens with zero attached hydrogens (tertiary/aromatic N) is 3. The number of carbonyl (C=O) groups is 1. The fourth-order valence-corrected chi connectivity index (χ4v) is 2.99. The number of ether oxygens (including phenoxy) is 2. The highest BCUT2D eigenvalue weighted by Gasteiger charge is 2.25. The summed E-state index contributed by atoms with van der Waals surface area (Å²) in [6.07, 6.45) is 2.94. The van der Waals surface area contributed by atoms with Gasteiger partial charge in [0.05, 0.1) is 0 Å². The van der Waals surface area contributed by atoms with E-state index in [9.17, 15) is 4.79 Å². The van der Waals surface area contributed by atoms with Gasteiger partial charge in [-0.05, 0) is 53.9 Å². The molecule has 0 unspecified atom stereocenters. The van der Waals surface area contributed by atoms with E-state index in [1.807, 2.05) is 27.7 Å². The predicted molar refractivity (Wildman–Crippen MR) is 119 cm³/mol. The summed E-state index contributed by atoms with van der Waals surface area (Å²) in [5, 5.41) is 6.68. The first-order valence-corrected chi connectivity index (χ1v) is 11.2. The largest absolute Gasteiger partial charge is 0.444 e. The van der Waals surface area contributed by atoms with E-state index in [2.05, 4.69) is 27.4 Å². The summed E-state index contributed by atoms with van der Waals surface area (Å²) in [4.78, 5) is 21.0. The maximum absolute atomic E-state index is 12.1. The Labute approximate surface area is 177 Å². The minimum absolute atomic E-state index is 0.204. The van der Waals surface area contributed by atoms with Gasteiger partial charge in [0.15, 0.2) is 5.96 Å². The van der Waals surface area contributed by atoms with E-state index in [-0.39, 0.29) is 6.09 Å². The fraction of sp³-hybridized carbons (Fsp3) is 0.905. The van der Waals surface area contributed by atoms with Crippen LogP contribution in [0.5, 0.6) is 0 Å². The zero-order valence-electron chi connectivity index (χ0n) is 19.3. The maximum Gasteiger partial charge on any atom is 0.410 e. The highest BCUT2D eigenvalue weighted by atomic mass is 16.6. The van der Waals surface area contributed by atoms with Crippen LogP contribution >= 0.6 is 0 Å². The molecule has 0 aromatic rings. The highest BCUT2D eigenvalue weighted by molar-refractivity contribution is 5.79. The zero-order chi connectivity index (χ0) is 21.5. The average molecular weight is 414 g/mol. The van der Waals surface area contributed by atoms with Crippen LogP contribution in [0.2, 0.25) is 0 Å². The second-order valence-corrected chi connectivity index (χ2v) is 8.25. The summed E-state index contributed by atoms with van der Waals surface area (Å²) in [5.41, 5.74) is -0.437. The molecule has 1 rings (SSSR count). The molecule has 0 aliphatic carbocycles. The van der Waals surface area contributed by atoms with Crippen molar-refractivity contribution in [3.8, 4) is 0 Å². The van der Waals surface area contributed by atoms with E-state index in [1.165, 1.54) is 0 Å². The predicted octanol–water partition coefficient (Wildman–Crippen LogP) is 2.30. The van der Waals surface area contributed by atoms with E-state index in [0.717, 1.165) is 90.8 Å². The van der Waals surface area contributed by atoms with Gasteiger partial charge in [0.25, 0.3) is 0 Å². The Morgan fingerprint density at radius 3 is 2.38 bits per heavy atom. The Hall–Kier alpha value is -1.54. The van der Waals surface area contributed by atoms with Crippen molar-refractivity contribution in [3.05, 3.63) is 0 Å². The van der Waals surface area contributed by atoms with Crippen LogP contribution in [0.25, 0.3) is 0 Å². The molecule has 29 heavy (non-hydrogen) atoms. The molecule has 1 aliphatic rings. The van der Waals surface area contributed by atoms with Gasteiger partial charge in [-0.2, -0.15) is 0 Å². The van der Waals surface area contributed by atoms with Crippen molar-refractivity contribution < 1.29 is 14.3 Å². The number of guanidine groups is 1. The molecule has 0 spiro atoms. The molecule has 8 nitrogen and oxygen atoms in total. The number of unbranched alkanes of at least 4 members (excludes halogenated alkanes) is 1. The molecule has 0 atom stereocenters. The van der Waals surface area contributed by atoms with Crippen LogP contribution in [0.3, 0.4) is 0 Å². The van der Waals surface area contributed by atoms with Crippen LogP contribution in [0.15, 0.2) is 4.99 Å². The fourth-order valence-electron chi connectivity index (χ4n) is 2.99. The minimum atomic E-state index is -0.437. The second kappa shape index (κ2) is 14.4. The SMILES string of the molecule is CCNC(=NCCCN1CCN(C(=O)OC(C)(C)C)CC1)NCCCCOCC. The molecule has 1 amide bonds. The van der Waals surface area contributed by atoms with Gasteiger partial charge in [-0.3, -0.25) is 9.89 Å². The Morgan fingerprint density at radius 1 is 1.03 bits per heavy atom. The molecule has 1 heterocycles. The molecule has 0 bridgehead atoms. The number of carbonyl (C=O) groups excluding carboxylic acids is 1. The number of hydrogen-bond donors (Lipinski definition) is 2. The highest BCUT2D eigenvalue weighted by Crippen LogP contribution is 2.12. The number of aliphatic imine (C=N–C) groups is 1. The molecule has 1 aliphatic heterocycles. The van der Waals surface area contributed by atoms with E-state index < -0.39 is 5.60 Å². The molecule has 0 saturated carbocycles. The molecular formula is C21H43N5O3. The number of hydrogen-bond acceptors (Lipinski definition) is 5. The number of piperazine rings is 1. The third-order valence-electron chi connectivity index (χ3n) is 4.48. The summed E-state index contributed by atoms with van der Waals surface area (Å²) >= 11 is 0. The maximum atomic E-state index is 12.1. The Balaban J connectivity index is 2.20. The number of rotatable bonds is 11. The van der Waals surface area contributed by atoms with Crippen LogP contribution in [0.4, 0.5) is 4.79 Å². The van der Waals surface area contributed by atoms with Crippen LogP contribution in [0.1, 0.15) is 53.9 Å². The zero-order valence-corrected chi connectivity index (χ0v) is 19.3. The van der Waals surface area contributed by atoms with Crippen molar-refractivity contribution in [3.63, 3.8) is 0 Å². The Morgan fingerprint density at radius 2 is 1.76 bits per heavy atom. The Bertz CT molecular complexity index is 471. The second-order valence-electron chi connectivity index (χ2n) is 8.25. The first-order valence-electron chi connectivity index (χ1n) is 11.2.